The Balaban J connectivity index is 2.54. The van der Waals surface area contributed by atoms with Crippen LogP contribution in [0.5, 0.6) is 0 Å². The first-order valence-electron chi connectivity index (χ1n) is 6.05. The molecule has 102 valence electrons. The van der Waals surface area contributed by atoms with Crippen LogP contribution in [-0.2, 0) is 17.7 Å². The fourth-order valence-electron chi connectivity index (χ4n) is 1.49. The summed E-state index contributed by atoms with van der Waals surface area (Å²) in [6.45, 7) is 2.85. The third-order valence-corrected chi connectivity index (χ3v) is 2.43. The monoisotopic (exact) mass is 254 g/mol. The molecule has 2 N–H and O–H groups in total. The molecular formula is C12H22N4O2. The Morgan fingerprint density at radius 1 is 1.50 bits per heavy atom. The highest BCUT2D eigenvalue weighted by molar-refractivity contribution is 5.03. The van der Waals surface area contributed by atoms with Crippen LogP contribution < -0.4 is 10.9 Å². The van der Waals surface area contributed by atoms with Crippen molar-refractivity contribution in [3.8, 4) is 0 Å². The Labute approximate surface area is 107 Å². The van der Waals surface area contributed by atoms with E-state index in [1.165, 1.54) is 6.07 Å². The van der Waals surface area contributed by atoms with Gasteiger partial charge in [0.05, 0.1) is 12.3 Å². The molecular weight excluding hydrogens is 232 g/mol. The number of hydrogen-bond acceptors (Lipinski definition) is 5. The molecule has 0 unspecified atom stereocenters. The number of hydrogen-bond donors (Lipinski definition) is 2. The third kappa shape index (κ3) is 5.90. The van der Waals surface area contributed by atoms with Crippen molar-refractivity contribution in [2.45, 2.75) is 13.0 Å². The summed E-state index contributed by atoms with van der Waals surface area (Å²) in [6, 6.07) is 1.53. The van der Waals surface area contributed by atoms with Crippen molar-refractivity contribution in [3.05, 3.63) is 27.9 Å². The van der Waals surface area contributed by atoms with Crippen LogP contribution in [0.3, 0.4) is 0 Å². The van der Waals surface area contributed by atoms with Crippen LogP contribution in [0.1, 0.15) is 11.5 Å². The van der Waals surface area contributed by atoms with Crippen molar-refractivity contribution in [3.63, 3.8) is 0 Å². The lowest BCUT2D eigenvalue weighted by Crippen LogP contribution is -2.23. The van der Waals surface area contributed by atoms with Crippen LogP contribution in [0.15, 0.2) is 10.9 Å². The average Bonchev–Trinajstić information content (AvgIpc) is 2.32. The molecule has 1 rings (SSSR count). The van der Waals surface area contributed by atoms with E-state index in [4.69, 9.17) is 4.74 Å². The Morgan fingerprint density at radius 3 is 2.94 bits per heavy atom. The number of likely N-dealkylation sites (N-methyl/N-ethyl adjacent to an activating group) is 1. The molecule has 0 amide bonds. The first-order valence-corrected chi connectivity index (χ1v) is 6.05. The minimum atomic E-state index is -0.0951. The van der Waals surface area contributed by atoms with E-state index in [1.807, 2.05) is 14.1 Å². The van der Waals surface area contributed by atoms with Crippen LogP contribution in [-0.4, -0.2) is 55.8 Å². The summed E-state index contributed by atoms with van der Waals surface area (Å²) in [6.07, 6.45) is 0.744. The molecule has 0 radical (unpaired) electrons. The van der Waals surface area contributed by atoms with Crippen LogP contribution in [0.2, 0.25) is 0 Å². The summed E-state index contributed by atoms with van der Waals surface area (Å²) in [4.78, 5) is 20.7. The Bertz CT molecular complexity index is 403. The number of aromatic amines is 1. The molecule has 1 aromatic heterocycles. The lowest BCUT2D eigenvalue weighted by Gasteiger charge is -2.09. The first kappa shape index (κ1) is 14.8. The fraction of sp³-hybridized carbons (Fsp3) is 0.667. The molecule has 0 atom stereocenters. The molecule has 1 heterocycles. The lowest BCUT2D eigenvalue weighted by molar-refractivity contribution is 0.199. The first-order chi connectivity index (χ1) is 8.61. The topological polar surface area (TPSA) is 70.2 Å². The van der Waals surface area contributed by atoms with E-state index in [-0.39, 0.29) is 5.56 Å². The van der Waals surface area contributed by atoms with Gasteiger partial charge in [-0.1, -0.05) is 0 Å². The molecule has 0 saturated heterocycles. The second-order valence-corrected chi connectivity index (χ2v) is 4.41. The highest BCUT2D eigenvalue weighted by Gasteiger charge is 2.02. The molecule has 0 aliphatic carbocycles. The fourth-order valence-corrected chi connectivity index (χ4v) is 1.49. The third-order valence-electron chi connectivity index (χ3n) is 2.43. The molecule has 0 bridgehead atoms. The standard InChI is InChI=1S/C12H22N4O2/c1-16(2)6-4-11-14-10(8-12(17)15-11)9-13-5-7-18-3/h8,13H,4-7,9H2,1-3H3,(H,14,15,17). The summed E-state index contributed by atoms with van der Waals surface area (Å²) in [5.74, 6) is 0.736. The van der Waals surface area contributed by atoms with Gasteiger partial charge in [-0.15, -0.1) is 0 Å². The maximum absolute atomic E-state index is 11.5. The van der Waals surface area contributed by atoms with Crippen LogP contribution in [0.4, 0.5) is 0 Å². The second kappa shape index (κ2) is 7.97. The SMILES string of the molecule is COCCNCc1cc(=O)[nH]c(CCN(C)C)n1. The van der Waals surface area contributed by atoms with E-state index >= 15 is 0 Å². The number of H-pyrrole nitrogens is 1. The van der Waals surface area contributed by atoms with Crippen molar-refractivity contribution >= 4 is 0 Å². The Morgan fingerprint density at radius 2 is 2.28 bits per heavy atom. The molecule has 0 aliphatic heterocycles. The van der Waals surface area contributed by atoms with Crippen molar-refractivity contribution in [2.24, 2.45) is 0 Å². The number of nitrogens with zero attached hydrogens (tertiary/aromatic N) is 2. The molecule has 0 aliphatic rings. The van der Waals surface area contributed by atoms with E-state index in [2.05, 4.69) is 20.2 Å². The average molecular weight is 254 g/mol. The van der Waals surface area contributed by atoms with Gasteiger partial charge in [0, 0.05) is 39.2 Å². The molecule has 0 aromatic carbocycles. The molecule has 18 heavy (non-hydrogen) atoms. The highest BCUT2D eigenvalue weighted by Crippen LogP contribution is 1.94. The number of methoxy groups -OCH3 is 1. The van der Waals surface area contributed by atoms with Crippen molar-refractivity contribution in [1.82, 2.24) is 20.2 Å². The Hall–Kier alpha value is -1.24. The van der Waals surface area contributed by atoms with Gasteiger partial charge in [-0.05, 0) is 14.1 Å². The van der Waals surface area contributed by atoms with Gasteiger partial charge in [0.25, 0.3) is 5.56 Å². The number of ether oxygens (including phenoxy) is 1. The smallest absolute Gasteiger partial charge is 0.251 e. The summed E-state index contributed by atoms with van der Waals surface area (Å²) >= 11 is 0. The van der Waals surface area contributed by atoms with E-state index in [0.29, 0.717) is 13.2 Å². The lowest BCUT2D eigenvalue weighted by atomic mass is 10.3. The van der Waals surface area contributed by atoms with Gasteiger partial charge in [0.15, 0.2) is 0 Å². The second-order valence-electron chi connectivity index (χ2n) is 4.41. The summed E-state index contributed by atoms with van der Waals surface area (Å²) in [5.41, 5.74) is 0.672. The predicted octanol–water partition coefficient (Wildman–Crippen LogP) is -0.390. The minimum absolute atomic E-state index is 0.0951. The van der Waals surface area contributed by atoms with Gasteiger partial charge < -0.3 is 19.9 Å². The molecule has 0 spiro atoms. The van der Waals surface area contributed by atoms with Crippen molar-refractivity contribution in [1.29, 1.82) is 0 Å². The maximum Gasteiger partial charge on any atom is 0.251 e. The number of aromatic nitrogens is 2. The predicted molar refractivity (Wildman–Crippen MR) is 70.7 cm³/mol. The maximum atomic E-state index is 11.5. The van der Waals surface area contributed by atoms with Gasteiger partial charge in [-0.2, -0.15) is 0 Å². The van der Waals surface area contributed by atoms with Crippen molar-refractivity contribution in [2.75, 3.05) is 40.9 Å². The molecule has 0 saturated carbocycles. The summed E-state index contributed by atoms with van der Waals surface area (Å²) in [7, 11) is 5.65. The minimum Gasteiger partial charge on any atom is -0.383 e. The normalized spacial score (nSPS) is 11.1. The van der Waals surface area contributed by atoms with Crippen LogP contribution >= 0.6 is 0 Å². The summed E-state index contributed by atoms with van der Waals surface area (Å²) in [5, 5.41) is 3.17. The number of nitrogens with one attached hydrogen (secondary N) is 2. The molecule has 0 fully saturated rings. The number of rotatable bonds is 8. The zero-order chi connectivity index (χ0) is 13.4. The van der Waals surface area contributed by atoms with E-state index in [9.17, 15) is 4.79 Å². The quantitative estimate of drug-likeness (QED) is 0.618. The van der Waals surface area contributed by atoms with Gasteiger partial charge in [-0.3, -0.25) is 4.79 Å². The van der Waals surface area contributed by atoms with Crippen LogP contribution in [0.25, 0.3) is 0 Å². The van der Waals surface area contributed by atoms with Crippen molar-refractivity contribution < 1.29 is 4.74 Å². The largest absolute Gasteiger partial charge is 0.383 e. The molecule has 6 heteroatoms. The van der Waals surface area contributed by atoms with E-state index in [1.54, 1.807) is 7.11 Å². The van der Waals surface area contributed by atoms with Gasteiger partial charge in [0.1, 0.15) is 5.82 Å². The molecule has 1 aromatic rings. The van der Waals surface area contributed by atoms with E-state index in [0.717, 1.165) is 31.0 Å². The van der Waals surface area contributed by atoms with Gasteiger partial charge >= 0.3 is 0 Å². The van der Waals surface area contributed by atoms with Crippen LogP contribution in [0, 0.1) is 0 Å². The highest BCUT2D eigenvalue weighted by atomic mass is 16.5. The van der Waals surface area contributed by atoms with Gasteiger partial charge in [0.2, 0.25) is 0 Å². The Kier molecular flexibility index (Phi) is 6.56. The van der Waals surface area contributed by atoms with E-state index < -0.39 is 0 Å². The zero-order valence-corrected chi connectivity index (χ0v) is 11.3. The van der Waals surface area contributed by atoms with Gasteiger partial charge in [-0.25, -0.2) is 4.98 Å². The molecule has 6 nitrogen and oxygen atoms in total. The zero-order valence-electron chi connectivity index (χ0n) is 11.3. The summed E-state index contributed by atoms with van der Waals surface area (Å²) < 4.78 is 4.94.